The van der Waals surface area contributed by atoms with Gasteiger partial charge in [-0.25, -0.2) is 0 Å². The van der Waals surface area contributed by atoms with E-state index in [0.29, 0.717) is 0 Å². The Bertz CT molecular complexity index is 2810. The van der Waals surface area contributed by atoms with Gasteiger partial charge in [-0.05, 0) is 126 Å². The van der Waals surface area contributed by atoms with Gasteiger partial charge in [0.1, 0.15) is 0 Å². The molecule has 0 radical (unpaired) electrons. The number of anilines is 3. The second-order valence-corrected chi connectivity index (χ2v) is 15.0. The molecule has 0 aliphatic heterocycles. The predicted molar refractivity (Wildman–Crippen MR) is 230 cm³/mol. The quantitative estimate of drug-likeness (QED) is 0.157. The maximum atomic E-state index is 2.45. The molecule has 0 bridgehead atoms. The van der Waals surface area contributed by atoms with Gasteiger partial charge in [0.2, 0.25) is 0 Å². The molecule has 9 aromatic carbocycles. The van der Waals surface area contributed by atoms with Gasteiger partial charge in [0.05, 0.1) is 0 Å². The molecule has 0 N–H and O–H groups in total. The van der Waals surface area contributed by atoms with E-state index in [0.717, 1.165) is 17.1 Å². The number of fused-ring (bicyclic) bond motifs is 6. The number of benzene rings is 9. The van der Waals surface area contributed by atoms with Crippen LogP contribution in [0.25, 0.3) is 66.1 Å². The third-order valence-corrected chi connectivity index (χ3v) is 11.5. The summed E-state index contributed by atoms with van der Waals surface area (Å²) < 4.78 is 0. The van der Waals surface area contributed by atoms with Gasteiger partial charge in [0.25, 0.3) is 0 Å². The Morgan fingerprint density at radius 1 is 0.315 bits per heavy atom. The summed E-state index contributed by atoms with van der Waals surface area (Å²) in [6.45, 7) is 4.77. The molecule has 0 spiro atoms. The molecule has 1 nitrogen and oxygen atoms in total. The standard InChI is InChI=1S/C53H39N/c1-53(2)51-34-41(50-33-40-15-9-10-18-45(40)46-19-11-12-20-47(46)50)27-31-48(51)49-32-30-44(35-52(49)53)54(42-16-7-4-8-17-42)43-28-25-39(26-29-43)38-23-21-37(22-24-38)36-13-5-3-6-14-36/h3-35H,1-2H3. The maximum absolute atomic E-state index is 2.45. The summed E-state index contributed by atoms with van der Waals surface area (Å²) in [6, 6.07) is 73.2. The number of rotatable bonds is 6. The highest BCUT2D eigenvalue weighted by Crippen LogP contribution is 2.52. The largest absolute Gasteiger partial charge is 0.310 e. The Morgan fingerprint density at radius 3 is 1.46 bits per heavy atom. The van der Waals surface area contributed by atoms with Crippen LogP contribution in [0.15, 0.2) is 200 Å². The third-order valence-electron chi connectivity index (χ3n) is 11.5. The van der Waals surface area contributed by atoms with E-state index < -0.39 is 0 Å². The highest BCUT2D eigenvalue weighted by atomic mass is 15.1. The molecule has 10 rings (SSSR count). The first-order valence-electron chi connectivity index (χ1n) is 18.8. The van der Waals surface area contributed by atoms with Gasteiger partial charge >= 0.3 is 0 Å². The van der Waals surface area contributed by atoms with Crippen molar-refractivity contribution in [3.63, 3.8) is 0 Å². The molecule has 1 heteroatoms. The molecule has 0 fully saturated rings. The van der Waals surface area contributed by atoms with Crippen molar-refractivity contribution in [3.8, 4) is 44.5 Å². The summed E-state index contributed by atoms with van der Waals surface area (Å²) in [4.78, 5) is 2.38. The van der Waals surface area contributed by atoms with Gasteiger partial charge in [0, 0.05) is 22.5 Å². The summed E-state index contributed by atoms with van der Waals surface area (Å²) in [7, 11) is 0. The highest BCUT2D eigenvalue weighted by Gasteiger charge is 2.36. The van der Waals surface area contributed by atoms with Crippen molar-refractivity contribution in [1.82, 2.24) is 0 Å². The lowest BCUT2D eigenvalue weighted by atomic mass is 9.81. The molecule has 0 amide bonds. The van der Waals surface area contributed by atoms with Gasteiger partial charge in [0.15, 0.2) is 0 Å². The van der Waals surface area contributed by atoms with Crippen molar-refractivity contribution in [2.75, 3.05) is 4.90 Å². The topological polar surface area (TPSA) is 3.24 Å². The Hall–Kier alpha value is -6.70. The minimum absolute atomic E-state index is 0.179. The van der Waals surface area contributed by atoms with Crippen molar-refractivity contribution in [3.05, 3.63) is 211 Å². The van der Waals surface area contributed by atoms with Crippen molar-refractivity contribution in [2.45, 2.75) is 19.3 Å². The van der Waals surface area contributed by atoms with Crippen molar-refractivity contribution >= 4 is 38.6 Å². The molecule has 256 valence electrons. The number of hydrogen-bond acceptors (Lipinski definition) is 1. The van der Waals surface area contributed by atoms with E-state index in [4.69, 9.17) is 0 Å². The van der Waals surface area contributed by atoms with Gasteiger partial charge in [-0.1, -0.05) is 166 Å². The van der Waals surface area contributed by atoms with Crippen molar-refractivity contribution < 1.29 is 0 Å². The number of para-hydroxylation sites is 1. The molecule has 9 aromatic rings. The Labute approximate surface area is 317 Å². The first-order valence-corrected chi connectivity index (χ1v) is 18.8. The average molecular weight is 690 g/mol. The molecule has 0 atom stereocenters. The lowest BCUT2D eigenvalue weighted by molar-refractivity contribution is 0.660. The number of nitrogens with zero attached hydrogens (tertiary/aromatic N) is 1. The summed E-state index contributed by atoms with van der Waals surface area (Å²) in [5.41, 5.74) is 16.0. The minimum atomic E-state index is -0.179. The van der Waals surface area contributed by atoms with Crippen LogP contribution in [0, 0.1) is 0 Å². The van der Waals surface area contributed by atoms with Gasteiger partial charge in [-0.3, -0.25) is 0 Å². The zero-order valence-electron chi connectivity index (χ0n) is 30.5. The van der Waals surface area contributed by atoms with Crippen LogP contribution in [0.4, 0.5) is 17.1 Å². The van der Waals surface area contributed by atoms with E-state index in [1.54, 1.807) is 0 Å². The molecule has 1 aliphatic carbocycles. The summed E-state index contributed by atoms with van der Waals surface area (Å²) >= 11 is 0. The zero-order chi connectivity index (χ0) is 36.2. The lowest BCUT2D eigenvalue weighted by Crippen LogP contribution is -2.16. The fourth-order valence-corrected chi connectivity index (χ4v) is 8.64. The fourth-order valence-electron chi connectivity index (χ4n) is 8.64. The summed E-state index contributed by atoms with van der Waals surface area (Å²) in [5, 5.41) is 5.16. The second-order valence-electron chi connectivity index (χ2n) is 15.0. The SMILES string of the molecule is CC1(C)c2cc(-c3cc4ccccc4c4ccccc34)ccc2-c2ccc(N(c3ccccc3)c3ccc(-c4ccc(-c5ccccc5)cc4)cc3)cc21. The van der Waals surface area contributed by atoms with Crippen LogP contribution in [0.5, 0.6) is 0 Å². The normalized spacial score (nSPS) is 12.8. The maximum Gasteiger partial charge on any atom is 0.0465 e. The van der Waals surface area contributed by atoms with E-state index >= 15 is 0 Å². The second kappa shape index (κ2) is 12.8. The summed E-state index contributed by atoms with van der Waals surface area (Å²) in [5.74, 6) is 0. The molecule has 0 aromatic heterocycles. The third kappa shape index (κ3) is 5.32. The van der Waals surface area contributed by atoms with Gasteiger partial charge < -0.3 is 4.90 Å². The average Bonchev–Trinajstić information content (AvgIpc) is 3.46. The molecule has 54 heavy (non-hydrogen) atoms. The Kier molecular flexibility index (Phi) is 7.56. The first-order chi connectivity index (χ1) is 26.5. The van der Waals surface area contributed by atoms with Crippen LogP contribution in [0.1, 0.15) is 25.0 Å². The molecule has 1 aliphatic rings. The van der Waals surface area contributed by atoms with Crippen LogP contribution in [0.3, 0.4) is 0 Å². The minimum Gasteiger partial charge on any atom is -0.310 e. The zero-order valence-corrected chi connectivity index (χ0v) is 30.5. The van der Waals surface area contributed by atoms with Gasteiger partial charge in [-0.2, -0.15) is 0 Å². The van der Waals surface area contributed by atoms with Crippen LogP contribution in [-0.2, 0) is 5.41 Å². The molecule has 0 heterocycles. The van der Waals surface area contributed by atoms with E-state index in [-0.39, 0.29) is 5.41 Å². The van der Waals surface area contributed by atoms with Crippen LogP contribution in [0.2, 0.25) is 0 Å². The fraction of sp³-hybridized carbons (Fsp3) is 0.0566. The van der Waals surface area contributed by atoms with Crippen LogP contribution < -0.4 is 4.90 Å². The highest BCUT2D eigenvalue weighted by molar-refractivity contribution is 6.14. The van der Waals surface area contributed by atoms with E-state index in [2.05, 4.69) is 219 Å². The van der Waals surface area contributed by atoms with Crippen molar-refractivity contribution in [1.29, 1.82) is 0 Å². The van der Waals surface area contributed by atoms with E-state index in [9.17, 15) is 0 Å². The Balaban J connectivity index is 1.02. The van der Waals surface area contributed by atoms with E-state index in [1.807, 2.05) is 0 Å². The smallest absolute Gasteiger partial charge is 0.0465 e. The van der Waals surface area contributed by atoms with Gasteiger partial charge in [-0.15, -0.1) is 0 Å². The predicted octanol–water partition coefficient (Wildman–Crippen LogP) is 14.8. The first kappa shape index (κ1) is 32.0. The Morgan fingerprint density at radius 2 is 0.778 bits per heavy atom. The van der Waals surface area contributed by atoms with Crippen LogP contribution in [-0.4, -0.2) is 0 Å². The summed E-state index contributed by atoms with van der Waals surface area (Å²) in [6.07, 6.45) is 0. The lowest BCUT2D eigenvalue weighted by Gasteiger charge is -2.28. The molecule has 0 saturated heterocycles. The monoisotopic (exact) mass is 689 g/mol. The molecule has 0 saturated carbocycles. The van der Waals surface area contributed by atoms with E-state index in [1.165, 1.54) is 77.2 Å². The number of hydrogen-bond donors (Lipinski definition) is 0. The van der Waals surface area contributed by atoms with Crippen LogP contribution >= 0.6 is 0 Å². The molecular weight excluding hydrogens is 651 g/mol. The van der Waals surface area contributed by atoms with Crippen molar-refractivity contribution in [2.24, 2.45) is 0 Å². The molecule has 0 unspecified atom stereocenters. The molecular formula is C53H39N.